The van der Waals surface area contributed by atoms with E-state index in [-0.39, 0.29) is 12.0 Å². The van der Waals surface area contributed by atoms with Crippen molar-refractivity contribution in [2.24, 2.45) is 0 Å². The van der Waals surface area contributed by atoms with Gasteiger partial charge in [0.2, 0.25) is 0 Å². The van der Waals surface area contributed by atoms with Crippen LogP contribution in [0.2, 0.25) is 0 Å². The van der Waals surface area contributed by atoms with Crippen molar-refractivity contribution < 1.29 is 14.3 Å². The van der Waals surface area contributed by atoms with Gasteiger partial charge in [-0.25, -0.2) is 0 Å². The molecule has 4 nitrogen and oxygen atoms in total. The van der Waals surface area contributed by atoms with Gasteiger partial charge in [0.1, 0.15) is 5.75 Å². The summed E-state index contributed by atoms with van der Waals surface area (Å²) in [5.41, 5.74) is 1.11. The van der Waals surface area contributed by atoms with E-state index in [2.05, 4.69) is 18.7 Å². The van der Waals surface area contributed by atoms with Gasteiger partial charge in [-0.3, -0.25) is 9.69 Å². The second-order valence-corrected chi connectivity index (χ2v) is 4.52. The molecule has 0 fully saturated rings. The highest BCUT2D eigenvalue weighted by Gasteiger charge is 2.22. The molecule has 0 radical (unpaired) electrons. The molecule has 0 spiro atoms. The standard InChI is InChI=1S/C16H25NO3/c1-5-17(6-2)15(12-16(18)20-7-3)13-8-10-14(19-4)11-9-13/h8-11,15H,5-7,12H2,1-4H3. The molecule has 0 bridgehead atoms. The summed E-state index contributed by atoms with van der Waals surface area (Å²) in [4.78, 5) is 14.1. The van der Waals surface area contributed by atoms with E-state index in [0.717, 1.165) is 24.4 Å². The summed E-state index contributed by atoms with van der Waals surface area (Å²) in [6, 6.07) is 7.94. The Bertz CT molecular complexity index is 399. The molecule has 4 heteroatoms. The smallest absolute Gasteiger partial charge is 0.307 e. The number of benzene rings is 1. The predicted octanol–water partition coefficient (Wildman–Crippen LogP) is 3.03. The molecule has 1 atom stereocenters. The number of esters is 1. The molecule has 0 N–H and O–H groups in total. The number of hydrogen-bond acceptors (Lipinski definition) is 4. The van der Waals surface area contributed by atoms with E-state index in [1.807, 2.05) is 31.2 Å². The third kappa shape index (κ3) is 4.53. The molecule has 0 heterocycles. The normalized spacial score (nSPS) is 12.2. The van der Waals surface area contributed by atoms with E-state index < -0.39 is 0 Å². The van der Waals surface area contributed by atoms with Crippen molar-refractivity contribution in [1.29, 1.82) is 0 Å². The molecule has 0 aromatic heterocycles. The Kier molecular flexibility index (Phi) is 7.09. The highest BCUT2D eigenvalue weighted by atomic mass is 16.5. The van der Waals surface area contributed by atoms with Crippen LogP contribution in [0.3, 0.4) is 0 Å². The van der Waals surface area contributed by atoms with Crippen LogP contribution < -0.4 is 4.74 Å². The van der Waals surface area contributed by atoms with Gasteiger partial charge in [0.05, 0.1) is 20.1 Å². The van der Waals surface area contributed by atoms with Gasteiger partial charge in [-0.1, -0.05) is 26.0 Å². The topological polar surface area (TPSA) is 38.8 Å². The first kappa shape index (κ1) is 16.5. The van der Waals surface area contributed by atoms with Crippen LogP contribution in [0.5, 0.6) is 5.75 Å². The predicted molar refractivity (Wildman–Crippen MR) is 79.9 cm³/mol. The van der Waals surface area contributed by atoms with E-state index in [0.29, 0.717) is 13.0 Å². The van der Waals surface area contributed by atoms with Gasteiger partial charge in [0.25, 0.3) is 0 Å². The number of carbonyl (C=O) groups is 1. The summed E-state index contributed by atoms with van der Waals surface area (Å²) in [6.45, 7) is 8.25. The van der Waals surface area contributed by atoms with Crippen LogP contribution in [-0.4, -0.2) is 37.7 Å². The number of carbonyl (C=O) groups excluding carboxylic acids is 1. The lowest BCUT2D eigenvalue weighted by Gasteiger charge is -2.29. The molecule has 112 valence electrons. The SMILES string of the molecule is CCOC(=O)CC(c1ccc(OC)cc1)N(CC)CC. The van der Waals surface area contributed by atoms with Gasteiger partial charge in [-0.2, -0.15) is 0 Å². The minimum Gasteiger partial charge on any atom is -0.497 e. The zero-order chi connectivity index (χ0) is 15.0. The van der Waals surface area contributed by atoms with Gasteiger partial charge >= 0.3 is 5.97 Å². The first-order valence-corrected chi connectivity index (χ1v) is 7.19. The minimum atomic E-state index is -0.153. The summed E-state index contributed by atoms with van der Waals surface area (Å²) in [6.07, 6.45) is 0.377. The molecule has 0 saturated carbocycles. The lowest BCUT2D eigenvalue weighted by Crippen LogP contribution is -2.30. The van der Waals surface area contributed by atoms with Crippen molar-refractivity contribution in [3.63, 3.8) is 0 Å². The molecule has 1 unspecified atom stereocenters. The Hall–Kier alpha value is -1.55. The van der Waals surface area contributed by atoms with E-state index in [4.69, 9.17) is 9.47 Å². The summed E-state index contributed by atoms with van der Waals surface area (Å²) >= 11 is 0. The monoisotopic (exact) mass is 279 g/mol. The fourth-order valence-electron chi connectivity index (χ4n) is 2.33. The third-order valence-corrected chi connectivity index (χ3v) is 3.42. The third-order valence-electron chi connectivity index (χ3n) is 3.42. The molecule has 1 rings (SSSR count). The Morgan fingerprint density at radius 3 is 2.20 bits per heavy atom. The lowest BCUT2D eigenvalue weighted by atomic mass is 10.0. The molecule has 0 aliphatic carbocycles. The lowest BCUT2D eigenvalue weighted by molar-refractivity contribution is -0.144. The zero-order valence-electron chi connectivity index (χ0n) is 12.9. The Morgan fingerprint density at radius 2 is 1.75 bits per heavy atom. The number of methoxy groups -OCH3 is 1. The highest BCUT2D eigenvalue weighted by Crippen LogP contribution is 2.26. The summed E-state index contributed by atoms with van der Waals surface area (Å²) in [7, 11) is 1.65. The maximum atomic E-state index is 11.8. The fourth-order valence-corrected chi connectivity index (χ4v) is 2.33. The Morgan fingerprint density at radius 1 is 1.15 bits per heavy atom. The molecular formula is C16H25NO3. The quantitative estimate of drug-likeness (QED) is 0.686. The second-order valence-electron chi connectivity index (χ2n) is 4.52. The van der Waals surface area contributed by atoms with Gasteiger partial charge in [-0.05, 0) is 37.7 Å². The average Bonchev–Trinajstić information content (AvgIpc) is 2.48. The first-order valence-electron chi connectivity index (χ1n) is 7.19. The van der Waals surface area contributed by atoms with Gasteiger partial charge in [-0.15, -0.1) is 0 Å². The van der Waals surface area contributed by atoms with Crippen molar-refractivity contribution in [2.75, 3.05) is 26.8 Å². The van der Waals surface area contributed by atoms with Crippen molar-refractivity contribution >= 4 is 5.97 Å². The molecule has 0 amide bonds. The van der Waals surface area contributed by atoms with Crippen LogP contribution in [-0.2, 0) is 9.53 Å². The number of hydrogen-bond donors (Lipinski definition) is 0. The summed E-state index contributed by atoms with van der Waals surface area (Å²) < 4.78 is 10.3. The van der Waals surface area contributed by atoms with Crippen LogP contribution in [0.4, 0.5) is 0 Å². The van der Waals surface area contributed by atoms with Crippen molar-refractivity contribution in [1.82, 2.24) is 4.90 Å². The van der Waals surface area contributed by atoms with Crippen molar-refractivity contribution in [3.8, 4) is 5.75 Å². The minimum absolute atomic E-state index is 0.0509. The molecule has 20 heavy (non-hydrogen) atoms. The number of ether oxygens (including phenoxy) is 2. The first-order chi connectivity index (χ1) is 9.65. The van der Waals surface area contributed by atoms with Gasteiger partial charge in [0.15, 0.2) is 0 Å². The highest BCUT2D eigenvalue weighted by molar-refractivity contribution is 5.70. The second kappa shape index (κ2) is 8.59. The molecule has 1 aromatic carbocycles. The van der Waals surface area contributed by atoms with Gasteiger partial charge < -0.3 is 9.47 Å². The van der Waals surface area contributed by atoms with Crippen LogP contribution in [0.1, 0.15) is 38.8 Å². The Labute approximate surface area is 121 Å². The Balaban J connectivity index is 2.92. The van der Waals surface area contributed by atoms with E-state index in [9.17, 15) is 4.79 Å². The molecular weight excluding hydrogens is 254 g/mol. The van der Waals surface area contributed by atoms with E-state index in [1.165, 1.54) is 0 Å². The van der Waals surface area contributed by atoms with Crippen LogP contribution >= 0.6 is 0 Å². The van der Waals surface area contributed by atoms with Crippen molar-refractivity contribution in [2.45, 2.75) is 33.2 Å². The number of nitrogens with zero attached hydrogens (tertiary/aromatic N) is 1. The fraction of sp³-hybridized carbons (Fsp3) is 0.562. The van der Waals surface area contributed by atoms with Gasteiger partial charge in [0, 0.05) is 6.04 Å². The van der Waals surface area contributed by atoms with E-state index in [1.54, 1.807) is 7.11 Å². The maximum Gasteiger partial charge on any atom is 0.307 e. The summed E-state index contributed by atoms with van der Waals surface area (Å²) in [5.74, 6) is 0.670. The molecule has 0 aliphatic heterocycles. The number of rotatable bonds is 8. The summed E-state index contributed by atoms with van der Waals surface area (Å²) in [5, 5.41) is 0. The van der Waals surface area contributed by atoms with Crippen LogP contribution in [0, 0.1) is 0 Å². The molecule has 0 saturated heterocycles. The molecule has 0 aliphatic rings. The van der Waals surface area contributed by atoms with Crippen LogP contribution in [0.15, 0.2) is 24.3 Å². The maximum absolute atomic E-state index is 11.8. The van der Waals surface area contributed by atoms with Crippen LogP contribution in [0.25, 0.3) is 0 Å². The van der Waals surface area contributed by atoms with E-state index >= 15 is 0 Å². The largest absolute Gasteiger partial charge is 0.497 e. The van der Waals surface area contributed by atoms with Crippen molar-refractivity contribution in [3.05, 3.63) is 29.8 Å². The molecule has 1 aromatic rings. The average molecular weight is 279 g/mol. The zero-order valence-corrected chi connectivity index (χ0v) is 12.9.